The minimum atomic E-state index is -0.348. The number of hydrazine groups is 1. The van der Waals surface area contributed by atoms with Crippen molar-refractivity contribution in [2.75, 3.05) is 0 Å². The van der Waals surface area contributed by atoms with Gasteiger partial charge in [0.05, 0.1) is 6.42 Å². The molecule has 0 aromatic heterocycles. The van der Waals surface area contributed by atoms with E-state index in [1.165, 1.54) is 31.4 Å². The van der Waals surface area contributed by atoms with Crippen molar-refractivity contribution in [3.8, 4) is 0 Å². The van der Waals surface area contributed by atoms with E-state index in [2.05, 4.69) is 16.2 Å². The fourth-order valence-corrected chi connectivity index (χ4v) is 2.99. The zero-order valence-corrected chi connectivity index (χ0v) is 14.3. The monoisotopic (exact) mass is 351 g/mol. The van der Waals surface area contributed by atoms with Crippen LogP contribution in [0.4, 0.5) is 4.39 Å². The lowest BCUT2D eigenvalue weighted by Crippen LogP contribution is -2.49. The first kappa shape index (κ1) is 18.3. The van der Waals surface area contributed by atoms with Gasteiger partial charge in [-0.3, -0.25) is 20.4 Å². The SMILES string of the molecule is O=C(Cc1ccc(F)cc1)NNC(=S)NC(=O)CC1CCCCC1. The second kappa shape index (κ2) is 9.32. The van der Waals surface area contributed by atoms with Crippen LogP contribution in [0.2, 0.25) is 0 Å². The van der Waals surface area contributed by atoms with Gasteiger partial charge in [-0.1, -0.05) is 31.4 Å². The van der Waals surface area contributed by atoms with Gasteiger partial charge < -0.3 is 5.32 Å². The minimum Gasteiger partial charge on any atom is -0.302 e. The molecule has 3 N–H and O–H groups in total. The molecular formula is C17H22FN3O2S. The molecule has 1 aromatic rings. The van der Waals surface area contributed by atoms with Crippen LogP contribution in [0, 0.1) is 11.7 Å². The number of carbonyl (C=O) groups excluding carboxylic acids is 2. The molecule has 2 rings (SSSR count). The summed E-state index contributed by atoms with van der Waals surface area (Å²) < 4.78 is 12.8. The summed E-state index contributed by atoms with van der Waals surface area (Å²) in [7, 11) is 0. The Morgan fingerprint density at radius 2 is 1.71 bits per heavy atom. The number of thiocarbonyl (C=S) groups is 1. The van der Waals surface area contributed by atoms with Crippen LogP contribution in [0.3, 0.4) is 0 Å². The van der Waals surface area contributed by atoms with Gasteiger partial charge >= 0.3 is 0 Å². The zero-order chi connectivity index (χ0) is 17.4. The Morgan fingerprint density at radius 3 is 2.38 bits per heavy atom. The largest absolute Gasteiger partial charge is 0.302 e. The molecular weight excluding hydrogens is 329 g/mol. The number of benzene rings is 1. The molecule has 2 amide bonds. The van der Waals surface area contributed by atoms with E-state index in [0.717, 1.165) is 12.8 Å². The van der Waals surface area contributed by atoms with Crippen LogP contribution in [-0.2, 0) is 16.0 Å². The molecule has 5 nitrogen and oxygen atoms in total. The first-order chi connectivity index (χ1) is 11.5. The smallest absolute Gasteiger partial charge is 0.242 e. The van der Waals surface area contributed by atoms with E-state index in [1.54, 1.807) is 12.1 Å². The van der Waals surface area contributed by atoms with Crippen LogP contribution < -0.4 is 16.2 Å². The van der Waals surface area contributed by atoms with Gasteiger partial charge in [-0.2, -0.15) is 0 Å². The number of amides is 2. The van der Waals surface area contributed by atoms with Crippen molar-refractivity contribution < 1.29 is 14.0 Å². The lowest BCUT2D eigenvalue weighted by Gasteiger charge is -2.21. The molecule has 0 spiro atoms. The number of rotatable bonds is 4. The molecule has 130 valence electrons. The van der Waals surface area contributed by atoms with Gasteiger partial charge in [0, 0.05) is 6.42 Å². The summed E-state index contributed by atoms with van der Waals surface area (Å²) >= 11 is 4.99. The Morgan fingerprint density at radius 1 is 1.04 bits per heavy atom. The lowest BCUT2D eigenvalue weighted by molar-refractivity contribution is -0.122. The number of hydrogen-bond donors (Lipinski definition) is 3. The molecule has 0 bridgehead atoms. The Hall–Kier alpha value is -2.02. The molecule has 7 heteroatoms. The topological polar surface area (TPSA) is 70.2 Å². The first-order valence-electron chi connectivity index (χ1n) is 8.16. The quantitative estimate of drug-likeness (QED) is 0.575. The van der Waals surface area contributed by atoms with Crippen molar-refractivity contribution in [1.29, 1.82) is 0 Å². The van der Waals surface area contributed by atoms with Crippen molar-refractivity contribution in [3.63, 3.8) is 0 Å². The molecule has 1 aromatic carbocycles. The standard InChI is InChI=1S/C17H22FN3O2S/c18-14-8-6-13(7-9-14)11-16(23)20-21-17(24)19-15(22)10-12-4-2-1-3-5-12/h6-9,12H,1-5,10-11H2,(H,20,23)(H2,19,21,22,24). The highest BCUT2D eigenvalue weighted by atomic mass is 32.1. The lowest BCUT2D eigenvalue weighted by atomic mass is 9.87. The number of hydrogen-bond acceptors (Lipinski definition) is 3. The third kappa shape index (κ3) is 6.62. The number of halogens is 1. The fraction of sp³-hybridized carbons (Fsp3) is 0.471. The summed E-state index contributed by atoms with van der Waals surface area (Å²) in [5.41, 5.74) is 5.61. The molecule has 1 aliphatic carbocycles. The maximum atomic E-state index is 12.8. The fourth-order valence-electron chi connectivity index (χ4n) is 2.82. The maximum absolute atomic E-state index is 12.8. The van der Waals surface area contributed by atoms with Crippen molar-refractivity contribution in [2.45, 2.75) is 44.9 Å². The molecule has 0 heterocycles. The highest BCUT2D eigenvalue weighted by molar-refractivity contribution is 7.80. The first-order valence-corrected chi connectivity index (χ1v) is 8.57. The summed E-state index contributed by atoms with van der Waals surface area (Å²) in [6.45, 7) is 0. The Bertz CT molecular complexity index is 586. The summed E-state index contributed by atoms with van der Waals surface area (Å²) in [6.07, 6.45) is 6.33. The van der Waals surface area contributed by atoms with Gasteiger partial charge in [0.1, 0.15) is 5.82 Å². The van der Waals surface area contributed by atoms with E-state index in [0.29, 0.717) is 17.9 Å². The summed E-state index contributed by atoms with van der Waals surface area (Å²) in [5, 5.41) is 2.64. The van der Waals surface area contributed by atoms with Gasteiger partial charge in [0.15, 0.2) is 5.11 Å². The molecule has 1 saturated carbocycles. The van der Waals surface area contributed by atoms with Crippen LogP contribution >= 0.6 is 12.2 Å². The van der Waals surface area contributed by atoms with Gasteiger partial charge in [-0.05, 0) is 48.7 Å². The summed E-state index contributed by atoms with van der Waals surface area (Å²) in [6, 6.07) is 5.68. The van der Waals surface area contributed by atoms with Gasteiger partial charge in [-0.25, -0.2) is 4.39 Å². The molecule has 1 fully saturated rings. The van der Waals surface area contributed by atoms with E-state index in [1.807, 2.05) is 0 Å². The van der Waals surface area contributed by atoms with Crippen molar-refractivity contribution in [2.24, 2.45) is 5.92 Å². The van der Waals surface area contributed by atoms with E-state index < -0.39 is 0 Å². The minimum absolute atomic E-state index is 0.0725. The number of carbonyl (C=O) groups is 2. The van der Waals surface area contributed by atoms with Crippen LogP contribution in [0.15, 0.2) is 24.3 Å². The molecule has 0 unspecified atom stereocenters. The average Bonchev–Trinajstić information content (AvgIpc) is 2.56. The van der Waals surface area contributed by atoms with Crippen molar-refractivity contribution in [1.82, 2.24) is 16.2 Å². The van der Waals surface area contributed by atoms with E-state index in [-0.39, 0.29) is 29.2 Å². The van der Waals surface area contributed by atoms with Crippen LogP contribution in [0.1, 0.15) is 44.1 Å². The maximum Gasteiger partial charge on any atom is 0.242 e. The molecule has 0 atom stereocenters. The second-order valence-electron chi connectivity index (χ2n) is 6.06. The number of nitrogens with one attached hydrogen (secondary N) is 3. The summed E-state index contributed by atoms with van der Waals surface area (Å²) in [5.74, 6) is -0.383. The predicted octanol–water partition coefficient (Wildman–Crippen LogP) is 2.36. The van der Waals surface area contributed by atoms with Crippen molar-refractivity contribution >= 4 is 29.1 Å². The highest BCUT2D eigenvalue weighted by Crippen LogP contribution is 2.25. The average molecular weight is 351 g/mol. The van der Waals surface area contributed by atoms with E-state index >= 15 is 0 Å². The Labute approximate surface area is 146 Å². The predicted molar refractivity (Wildman–Crippen MR) is 93.3 cm³/mol. The zero-order valence-electron chi connectivity index (χ0n) is 13.4. The molecule has 1 aliphatic rings. The molecule has 0 aliphatic heterocycles. The highest BCUT2D eigenvalue weighted by Gasteiger charge is 2.17. The van der Waals surface area contributed by atoms with E-state index in [4.69, 9.17) is 12.2 Å². The van der Waals surface area contributed by atoms with Gasteiger partial charge in [0.25, 0.3) is 0 Å². The third-order valence-corrected chi connectivity index (χ3v) is 4.25. The second-order valence-corrected chi connectivity index (χ2v) is 6.47. The Kier molecular flexibility index (Phi) is 7.11. The summed E-state index contributed by atoms with van der Waals surface area (Å²) in [4.78, 5) is 23.7. The molecule has 24 heavy (non-hydrogen) atoms. The third-order valence-electron chi connectivity index (χ3n) is 4.05. The van der Waals surface area contributed by atoms with Gasteiger partial charge in [0.2, 0.25) is 11.8 Å². The van der Waals surface area contributed by atoms with Crippen LogP contribution in [-0.4, -0.2) is 16.9 Å². The molecule has 0 saturated heterocycles. The normalized spacial score (nSPS) is 14.7. The van der Waals surface area contributed by atoms with Crippen LogP contribution in [0.25, 0.3) is 0 Å². The molecule has 0 radical (unpaired) electrons. The Balaban J connectivity index is 1.65. The van der Waals surface area contributed by atoms with E-state index in [9.17, 15) is 14.0 Å². The van der Waals surface area contributed by atoms with Gasteiger partial charge in [-0.15, -0.1) is 0 Å². The van der Waals surface area contributed by atoms with Crippen molar-refractivity contribution in [3.05, 3.63) is 35.6 Å². The van der Waals surface area contributed by atoms with Crippen LogP contribution in [0.5, 0.6) is 0 Å².